The molecule has 1 aromatic heterocycles. The number of piperazine rings is 1. The van der Waals surface area contributed by atoms with Gasteiger partial charge in [-0.15, -0.1) is 0 Å². The summed E-state index contributed by atoms with van der Waals surface area (Å²) in [4.78, 5) is 45.5. The molecular formula is C24H26ClN5O4. The number of nitro groups is 1. The number of non-ortho nitro benzene ring substituents is 1. The Labute approximate surface area is 201 Å². The van der Waals surface area contributed by atoms with E-state index in [0.717, 1.165) is 0 Å². The molecule has 0 radical (unpaired) electrons. The number of hydrogen-bond donors (Lipinski definition) is 0. The van der Waals surface area contributed by atoms with Crippen LogP contribution in [0.2, 0.25) is 5.02 Å². The number of fused-ring (bicyclic) bond motifs is 1. The van der Waals surface area contributed by atoms with Gasteiger partial charge in [0, 0.05) is 54.9 Å². The quantitative estimate of drug-likeness (QED) is 0.403. The lowest BCUT2D eigenvalue weighted by molar-refractivity contribution is -0.384. The Balaban J connectivity index is 1.57. The van der Waals surface area contributed by atoms with Crippen molar-refractivity contribution in [3.05, 3.63) is 79.3 Å². The summed E-state index contributed by atoms with van der Waals surface area (Å²) >= 11 is 6.08. The van der Waals surface area contributed by atoms with Gasteiger partial charge < -0.3 is 4.90 Å². The second-order valence-corrected chi connectivity index (χ2v) is 8.94. The molecule has 178 valence electrons. The molecule has 9 nitrogen and oxygen atoms in total. The monoisotopic (exact) mass is 483 g/mol. The summed E-state index contributed by atoms with van der Waals surface area (Å²) in [6.07, 6.45) is 0. The zero-order valence-corrected chi connectivity index (χ0v) is 20.0. The number of benzene rings is 2. The van der Waals surface area contributed by atoms with Crippen LogP contribution in [0.1, 0.15) is 43.0 Å². The van der Waals surface area contributed by atoms with Crippen LogP contribution in [0.25, 0.3) is 10.9 Å². The molecule has 4 rings (SSSR count). The van der Waals surface area contributed by atoms with E-state index in [0.29, 0.717) is 53.5 Å². The Morgan fingerprint density at radius 1 is 1.26 bits per heavy atom. The molecule has 1 amide bonds. The molecule has 1 aliphatic heterocycles. The van der Waals surface area contributed by atoms with Gasteiger partial charge in [-0.05, 0) is 45.0 Å². The van der Waals surface area contributed by atoms with E-state index in [2.05, 4.69) is 4.90 Å². The second kappa shape index (κ2) is 9.52. The van der Waals surface area contributed by atoms with E-state index in [1.54, 1.807) is 33.7 Å². The van der Waals surface area contributed by atoms with Gasteiger partial charge in [-0.2, -0.15) is 0 Å². The van der Waals surface area contributed by atoms with Gasteiger partial charge in [-0.3, -0.25) is 29.2 Å². The van der Waals surface area contributed by atoms with Crippen molar-refractivity contribution in [2.24, 2.45) is 0 Å². The second-order valence-electron chi connectivity index (χ2n) is 8.51. The van der Waals surface area contributed by atoms with Crippen LogP contribution in [0.5, 0.6) is 0 Å². The minimum atomic E-state index is -0.502. The lowest BCUT2D eigenvalue weighted by atomic mass is 10.1. The first-order valence-corrected chi connectivity index (χ1v) is 11.6. The fourth-order valence-electron chi connectivity index (χ4n) is 4.56. The summed E-state index contributed by atoms with van der Waals surface area (Å²) in [6, 6.07) is 10.7. The van der Waals surface area contributed by atoms with Crippen LogP contribution in [-0.2, 0) is 6.54 Å². The molecular weight excluding hydrogens is 458 g/mol. The number of rotatable bonds is 5. The summed E-state index contributed by atoms with van der Waals surface area (Å²) in [7, 11) is 0. The molecule has 2 heterocycles. The minimum absolute atomic E-state index is 0.105. The first kappa shape index (κ1) is 23.8. The Morgan fingerprint density at radius 2 is 2.03 bits per heavy atom. The molecule has 2 atom stereocenters. The fourth-order valence-corrected chi connectivity index (χ4v) is 4.73. The Bertz CT molecular complexity index is 1320. The standard InChI is InChI=1S/C24H26ClN5O4/c1-4-28-22(26-21-9-8-18(25)13-20(21)24(28)32)16(3)27-10-11-29(15(2)14-27)23(31)17-6-5-7-19(12-17)30(33)34/h5-9,12-13,15-16H,4,10-11,14H2,1-3H3. The Hall–Kier alpha value is -3.30. The average Bonchev–Trinajstić information content (AvgIpc) is 2.83. The zero-order valence-electron chi connectivity index (χ0n) is 19.3. The zero-order chi connectivity index (χ0) is 24.6. The number of aromatic nitrogens is 2. The third-order valence-corrected chi connectivity index (χ3v) is 6.64. The van der Waals surface area contributed by atoms with E-state index in [1.807, 2.05) is 20.8 Å². The van der Waals surface area contributed by atoms with Crippen LogP contribution in [0.3, 0.4) is 0 Å². The third-order valence-electron chi connectivity index (χ3n) is 6.41. The maximum absolute atomic E-state index is 13.1. The largest absolute Gasteiger partial charge is 0.333 e. The third kappa shape index (κ3) is 4.41. The molecule has 10 heteroatoms. The SMILES string of the molecule is CCn1c(C(C)N2CCN(C(=O)c3cccc([N+](=O)[O-])c3)C(C)C2)nc2ccc(Cl)cc2c1=O. The summed E-state index contributed by atoms with van der Waals surface area (Å²) in [5.41, 5.74) is 0.682. The lowest BCUT2D eigenvalue weighted by Gasteiger charge is -2.42. The predicted octanol–water partition coefficient (Wildman–Crippen LogP) is 3.89. The highest BCUT2D eigenvalue weighted by molar-refractivity contribution is 6.31. The van der Waals surface area contributed by atoms with E-state index in [-0.39, 0.29) is 29.2 Å². The molecule has 34 heavy (non-hydrogen) atoms. The molecule has 1 aliphatic rings. The number of carbonyl (C=O) groups is 1. The van der Waals surface area contributed by atoms with Crippen LogP contribution in [0.15, 0.2) is 47.3 Å². The van der Waals surface area contributed by atoms with Crippen molar-refractivity contribution in [1.29, 1.82) is 0 Å². The summed E-state index contributed by atoms with van der Waals surface area (Å²) < 4.78 is 1.68. The number of hydrogen-bond acceptors (Lipinski definition) is 6. The fraction of sp³-hybridized carbons (Fsp3) is 0.375. The molecule has 2 unspecified atom stereocenters. The molecule has 2 aromatic carbocycles. The van der Waals surface area contributed by atoms with Gasteiger partial charge >= 0.3 is 0 Å². The highest BCUT2D eigenvalue weighted by Gasteiger charge is 2.32. The maximum atomic E-state index is 13.1. The van der Waals surface area contributed by atoms with Crippen molar-refractivity contribution in [2.75, 3.05) is 19.6 Å². The van der Waals surface area contributed by atoms with Crippen molar-refractivity contribution in [3.63, 3.8) is 0 Å². The van der Waals surface area contributed by atoms with Crippen molar-refractivity contribution >= 4 is 34.1 Å². The lowest BCUT2D eigenvalue weighted by Crippen LogP contribution is -2.54. The van der Waals surface area contributed by atoms with E-state index < -0.39 is 4.92 Å². The Kier molecular flexibility index (Phi) is 6.67. The van der Waals surface area contributed by atoms with Crippen LogP contribution in [0.4, 0.5) is 5.69 Å². The van der Waals surface area contributed by atoms with Gasteiger partial charge in [-0.25, -0.2) is 4.98 Å². The first-order chi connectivity index (χ1) is 16.2. The van der Waals surface area contributed by atoms with Crippen molar-refractivity contribution in [1.82, 2.24) is 19.4 Å². The molecule has 0 aliphatic carbocycles. The highest BCUT2D eigenvalue weighted by atomic mass is 35.5. The van der Waals surface area contributed by atoms with Crippen molar-refractivity contribution < 1.29 is 9.72 Å². The van der Waals surface area contributed by atoms with Gasteiger partial charge in [0.1, 0.15) is 5.82 Å². The Morgan fingerprint density at radius 3 is 2.71 bits per heavy atom. The van der Waals surface area contributed by atoms with Crippen LogP contribution in [-0.4, -0.2) is 55.9 Å². The van der Waals surface area contributed by atoms with Gasteiger partial charge in [0.05, 0.1) is 21.9 Å². The average molecular weight is 484 g/mol. The van der Waals surface area contributed by atoms with E-state index in [9.17, 15) is 19.7 Å². The number of nitro benzene ring substituents is 1. The molecule has 0 N–H and O–H groups in total. The van der Waals surface area contributed by atoms with Crippen molar-refractivity contribution in [2.45, 2.75) is 39.4 Å². The number of amides is 1. The van der Waals surface area contributed by atoms with E-state index >= 15 is 0 Å². The number of nitrogens with zero attached hydrogens (tertiary/aromatic N) is 5. The van der Waals surface area contributed by atoms with E-state index in [4.69, 9.17) is 16.6 Å². The predicted molar refractivity (Wildman–Crippen MR) is 130 cm³/mol. The summed E-state index contributed by atoms with van der Waals surface area (Å²) in [6.45, 7) is 8.00. The molecule has 0 spiro atoms. The van der Waals surface area contributed by atoms with Crippen LogP contribution >= 0.6 is 11.6 Å². The minimum Gasteiger partial charge on any atom is -0.333 e. The van der Waals surface area contributed by atoms with Crippen LogP contribution < -0.4 is 5.56 Å². The number of halogens is 1. The normalized spacial score (nSPS) is 17.6. The highest BCUT2D eigenvalue weighted by Crippen LogP contribution is 2.25. The first-order valence-electron chi connectivity index (χ1n) is 11.2. The van der Waals surface area contributed by atoms with Gasteiger partial charge in [0.2, 0.25) is 0 Å². The molecule has 3 aromatic rings. The summed E-state index contributed by atoms with van der Waals surface area (Å²) in [5, 5.41) is 12.1. The molecule has 1 saturated heterocycles. The number of carbonyl (C=O) groups excluding carboxylic acids is 1. The van der Waals surface area contributed by atoms with Gasteiger partial charge in [-0.1, -0.05) is 17.7 Å². The van der Waals surface area contributed by atoms with Gasteiger partial charge in [0.15, 0.2) is 0 Å². The van der Waals surface area contributed by atoms with Crippen LogP contribution in [0, 0.1) is 10.1 Å². The molecule has 1 fully saturated rings. The molecule has 0 bridgehead atoms. The maximum Gasteiger partial charge on any atom is 0.270 e. The topological polar surface area (TPSA) is 102 Å². The van der Waals surface area contributed by atoms with Crippen molar-refractivity contribution in [3.8, 4) is 0 Å². The smallest absolute Gasteiger partial charge is 0.270 e. The molecule has 0 saturated carbocycles. The van der Waals surface area contributed by atoms with E-state index in [1.165, 1.54) is 18.2 Å². The van der Waals surface area contributed by atoms with Gasteiger partial charge in [0.25, 0.3) is 17.2 Å². The summed E-state index contributed by atoms with van der Waals surface area (Å²) in [5.74, 6) is 0.447.